The molecule has 2 heterocycles. The molecule has 0 atom stereocenters. The molecule has 1 aromatic heterocycles. The van der Waals surface area contributed by atoms with Gasteiger partial charge in [-0.2, -0.15) is 0 Å². The molecule has 3 aromatic rings. The van der Waals surface area contributed by atoms with Gasteiger partial charge in [0.1, 0.15) is 6.61 Å². The van der Waals surface area contributed by atoms with Crippen molar-refractivity contribution in [1.29, 1.82) is 0 Å². The highest BCUT2D eigenvalue weighted by molar-refractivity contribution is 7.12. The maximum Gasteiger partial charge on any atom is 0.363 e. The van der Waals surface area contributed by atoms with E-state index >= 15 is 0 Å². The van der Waals surface area contributed by atoms with Crippen molar-refractivity contribution in [2.24, 2.45) is 4.99 Å². The van der Waals surface area contributed by atoms with Crippen LogP contribution in [0.4, 0.5) is 5.69 Å². The van der Waals surface area contributed by atoms with Crippen LogP contribution in [0, 0.1) is 10.1 Å². The molecule has 0 aliphatic carbocycles. The number of carbonyl (C=O) groups excluding carboxylic acids is 1. The number of rotatable bonds is 8. The Morgan fingerprint density at radius 3 is 2.75 bits per heavy atom. The van der Waals surface area contributed by atoms with Crippen LogP contribution in [-0.4, -0.2) is 23.4 Å². The van der Waals surface area contributed by atoms with Crippen LogP contribution in [0.25, 0.3) is 6.08 Å². The van der Waals surface area contributed by atoms with Crippen molar-refractivity contribution in [3.8, 4) is 11.5 Å². The standard InChI is InChI=1S/C23H18N2O6S/c1-2-29-20-13-15(12-18-23(26)31-22(24-18)21-7-4-10-32-21)8-9-19(20)30-14-16-5-3-6-17(11-16)25(27)28/h3-13H,2,14H2,1H3. The normalized spacial score (nSPS) is 14.2. The number of nitrogens with zero attached hydrogens (tertiary/aromatic N) is 2. The molecule has 0 spiro atoms. The predicted octanol–water partition coefficient (Wildman–Crippen LogP) is 4.98. The molecular weight excluding hydrogens is 432 g/mol. The zero-order chi connectivity index (χ0) is 22.5. The van der Waals surface area contributed by atoms with Crippen LogP contribution < -0.4 is 9.47 Å². The van der Waals surface area contributed by atoms with E-state index in [1.54, 1.807) is 36.4 Å². The van der Waals surface area contributed by atoms with Gasteiger partial charge in [0.15, 0.2) is 17.2 Å². The summed E-state index contributed by atoms with van der Waals surface area (Å²) in [6.45, 7) is 2.40. The molecule has 162 valence electrons. The van der Waals surface area contributed by atoms with Gasteiger partial charge in [0, 0.05) is 12.1 Å². The third-order valence-electron chi connectivity index (χ3n) is 4.44. The second-order valence-corrected chi connectivity index (χ2v) is 7.62. The first-order chi connectivity index (χ1) is 15.5. The number of aliphatic imine (C=N–C) groups is 1. The van der Waals surface area contributed by atoms with E-state index < -0.39 is 10.9 Å². The first-order valence-corrected chi connectivity index (χ1v) is 10.6. The molecule has 0 saturated carbocycles. The molecule has 0 radical (unpaired) electrons. The van der Waals surface area contributed by atoms with Gasteiger partial charge in [0.25, 0.3) is 5.69 Å². The Morgan fingerprint density at radius 1 is 1.12 bits per heavy atom. The van der Waals surface area contributed by atoms with E-state index in [9.17, 15) is 14.9 Å². The Bertz CT molecular complexity index is 1220. The number of hydrogen-bond donors (Lipinski definition) is 0. The van der Waals surface area contributed by atoms with Crippen LogP contribution in [0.2, 0.25) is 0 Å². The fourth-order valence-electron chi connectivity index (χ4n) is 3.00. The molecule has 0 amide bonds. The van der Waals surface area contributed by atoms with Gasteiger partial charge in [0.2, 0.25) is 5.90 Å². The SMILES string of the molecule is CCOc1cc(C=C2N=C(c3cccs3)OC2=O)ccc1OCc1cccc([N+](=O)[O-])c1. The maximum absolute atomic E-state index is 12.2. The summed E-state index contributed by atoms with van der Waals surface area (Å²) in [5.74, 6) is 0.744. The second kappa shape index (κ2) is 9.44. The smallest absolute Gasteiger partial charge is 0.363 e. The lowest BCUT2D eigenvalue weighted by Crippen LogP contribution is -2.03. The van der Waals surface area contributed by atoms with E-state index in [4.69, 9.17) is 14.2 Å². The minimum atomic E-state index is -0.516. The number of benzene rings is 2. The van der Waals surface area contributed by atoms with Crippen LogP contribution in [-0.2, 0) is 16.1 Å². The molecule has 0 unspecified atom stereocenters. The highest BCUT2D eigenvalue weighted by Crippen LogP contribution is 2.31. The van der Waals surface area contributed by atoms with Crippen molar-refractivity contribution in [2.45, 2.75) is 13.5 Å². The second-order valence-electron chi connectivity index (χ2n) is 6.67. The van der Waals surface area contributed by atoms with Gasteiger partial charge in [-0.25, -0.2) is 9.79 Å². The molecule has 8 nitrogen and oxygen atoms in total. The molecular formula is C23H18N2O6S. The summed E-state index contributed by atoms with van der Waals surface area (Å²) in [7, 11) is 0. The van der Waals surface area contributed by atoms with Gasteiger partial charge >= 0.3 is 5.97 Å². The average molecular weight is 450 g/mol. The fraction of sp³-hybridized carbons (Fsp3) is 0.130. The van der Waals surface area contributed by atoms with Gasteiger partial charge in [-0.3, -0.25) is 10.1 Å². The summed E-state index contributed by atoms with van der Waals surface area (Å²) in [5.41, 5.74) is 1.56. The Hall–Kier alpha value is -3.98. The molecule has 2 aromatic carbocycles. The molecule has 1 aliphatic heterocycles. The summed E-state index contributed by atoms with van der Waals surface area (Å²) in [6, 6.07) is 15.2. The number of thiophene rings is 1. The predicted molar refractivity (Wildman–Crippen MR) is 120 cm³/mol. The summed E-state index contributed by atoms with van der Waals surface area (Å²) < 4.78 is 16.8. The quantitative estimate of drug-likeness (QED) is 0.208. The first kappa shape index (κ1) is 21.3. The monoisotopic (exact) mass is 450 g/mol. The number of non-ortho nitro benzene ring substituents is 1. The van der Waals surface area contributed by atoms with Crippen molar-refractivity contribution in [1.82, 2.24) is 0 Å². The van der Waals surface area contributed by atoms with Crippen LogP contribution in [0.15, 0.2) is 70.7 Å². The molecule has 0 saturated heterocycles. The van der Waals surface area contributed by atoms with E-state index in [1.807, 2.05) is 24.4 Å². The van der Waals surface area contributed by atoms with Gasteiger partial charge in [-0.05, 0) is 47.7 Å². The van der Waals surface area contributed by atoms with E-state index in [0.29, 0.717) is 29.2 Å². The van der Waals surface area contributed by atoms with Gasteiger partial charge in [-0.15, -0.1) is 11.3 Å². The third kappa shape index (κ3) is 4.84. The Labute approximate surface area is 187 Å². The molecule has 1 aliphatic rings. The van der Waals surface area contributed by atoms with Gasteiger partial charge in [0.05, 0.1) is 16.4 Å². The van der Waals surface area contributed by atoms with Crippen LogP contribution in [0.5, 0.6) is 11.5 Å². The lowest BCUT2D eigenvalue weighted by Gasteiger charge is -2.13. The Kier molecular flexibility index (Phi) is 6.27. The molecule has 0 fully saturated rings. The number of nitro benzene ring substituents is 1. The largest absolute Gasteiger partial charge is 0.490 e. The summed E-state index contributed by atoms with van der Waals surface area (Å²) in [6.07, 6.45) is 1.62. The van der Waals surface area contributed by atoms with Crippen molar-refractivity contribution < 1.29 is 23.9 Å². The zero-order valence-corrected chi connectivity index (χ0v) is 17.8. The Morgan fingerprint density at radius 2 is 2.00 bits per heavy atom. The van der Waals surface area contributed by atoms with E-state index in [2.05, 4.69) is 4.99 Å². The van der Waals surface area contributed by atoms with E-state index in [-0.39, 0.29) is 23.9 Å². The van der Waals surface area contributed by atoms with E-state index in [0.717, 1.165) is 4.88 Å². The molecule has 9 heteroatoms. The summed E-state index contributed by atoms with van der Waals surface area (Å²) in [5, 5.41) is 12.8. The molecule has 0 bridgehead atoms. The highest BCUT2D eigenvalue weighted by atomic mass is 32.1. The minimum absolute atomic E-state index is 0.00373. The van der Waals surface area contributed by atoms with Crippen molar-refractivity contribution in [3.63, 3.8) is 0 Å². The minimum Gasteiger partial charge on any atom is -0.490 e. The third-order valence-corrected chi connectivity index (χ3v) is 5.30. The van der Waals surface area contributed by atoms with Crippen LogP contribution >= 0.6 is 11.3 Å². The fourth-order valence-corrected chi connectivity index (χ4v) is 3.64. The van der Waals surface area contributed by atoms with E-state index in [1.165, 1.54) is 23.5 Å². The topological polar surface area (TPSA) is 100 Å². The van der Waals surface area contributed by atoms with Crippen LogP contribution in [0.1, 0.15) is 22.9 Å². The van der Waals surface area contributed by atoms with Gasteiger partial charge in [-0.1, -0.05) is 24.3 Å². The Balaban J connectivity index is 1.54. The zero-order valence-electron chi connectivity index (χ0n) is 17.0. The maximum atomic E-state index is 12.2. The first-order valence-electron chi connectivity index (χ1n) is 9.73. The number of esters is 1. The van der Waals surface area contributed by atoms with Gasteiger partial charge < -0.3 is 14.2 Å². The van der Waals surface area contributed by atoms with Crippen LogP contribution in [0.3, 0.4) is 0 Å². The number of cyclic esters (lactones) is 1. The molecule has 32 heavy (non-hydrogen) atoms. The molecule has 0 N–H and O–H groups in total. The van der Waals surface area contributed by atoms with Crippen molar-refractivity contribution in [3.05, 3.63) is 91.8 Å². The number of carbonyl (C=O) groups is 1. The number of nitro groups is 1. The highest BCUT2D eigenvalue weighted by Gasteiger charge is 2.24. The van der Waals surface area contributed by atoms with Crippen molar-refractivity contribution >= 4 is 35.0 Å². The lowest BCUT2D eigenvalue weighted by molar-refractivity contribution is -0.384. The number of hydrogen-bond acceptors (Lipinski definition) is 8. The summed E-state index contributed by atoms with van der Waals surface area (Å²) >= 11 is 1.44. The average Bonchev–Trinajstić information content (AvgIpc) is 3.44. The number of ether oxygens (including phenoxy) is 3. The summed E-state index contributed by atoms with van der Waals surface area (Å²) in [4.78, 5) is 27.8. The lowest BCUT2D eigenvalue weighted by atomic mass is 10.1. The van der Waals surface area contributed by atoms with Crippen molar-refractivity contribution in [2.75, 3.05) is 6.61 Å². The molecule has 4 rings (SSSR count).